The molecule has 1 N–H and O–H groups in total. The highest BCUT2D eigenvalue weighted by Crippen LogP contribution is 2.24. The van der Waals surface area contributed by atoms with Gasteiger partial charge in [0.05, 0.1) is 23.6 Å². The minimum absolute atomic E-state index is 0.0722. The Bertz CT molecular complexity index is 886. The number of aromatic amines is 1. The van der Waals surface area contributed by atoms with Crippen LogP contribution in [-0.4, -0.2) is 51.4 Å². The van der Waals surface area contributed by atoms with Crippen LogP contribution in [0.3, 0.4) is 0 Å². The Morgan fingerprint density at radius 3 is 2.85 bits per heavy atom. The molecule has 1 aliphatic heterocycles. The first-order chi connectivity index (χ1) is 13.1. The molecule has 3 rings (SSSR count). The molecule has 0 unspecified atom stereocenters. The molecular weight excluding hydrogens is 342 g/mol. The van der Waals surface area contributed by atoms with Gasteiger partial charge in [0.15, 0.2) is 0 Å². The van der Waals surface area contributed by atoms with E-state index in [1.165, 1.54) is 6.08 Å². The summed E-state index contributed by atoms with van der Waals surface area (Å²) >= 11 is 0. The maximum Gasteiger partial charge on any atom is 0.271 e. The quantitative estimate of drug-likeness (QED) is 0.757. The van der Waals surface area contributed by atoms with Crippen molar-refractivity contribution in [3.05, 3.63) is 53.4 Å². The van der Waals surface area contributed by atoms with E-state index in [0.717, 1.165) is 36.3 Å². The van der Waals surface area contributed by atoms with Crippen LogP contribution in [0.1, 0.15) is 26.0 Å². The second-order valence-corrected chi connectivity index (χ2v) is 6.65. The third-order valence-electron chi connectivity index (χ3n) is 4.79. The van der Waals surface area contributed by atoms with Crippen molar-refractivity contribution < 1.29 is 4.79 Å². The Kier molecular flexibility index (Phi) is 5.69. The molecule has 7 nitrogen and oxygen atoms in total. The van der Waals surface area contributed by atoms with Crippen molar-refractivity contribution in [3.8, 4) is 11.3 Å². The van der Waals surface area contributed by atoms with Crippen LogP contribution in [0.15, 0.2) is 42.1 Å². The summed E-state index contributed by atoms with van der Waals surface area (Å²) < 4.78 is 0. The van der Waals surface area contributed by atoms with Gasteiger partial charge in [-0.3, -0.25) is 14.6 Å². The first-order valence-corrected chi connectivity index (χ1v) is 9.29. The molecule has 3 heterocycles. The van der Waals surface area contributed by atoms with Gasteiger partial charge in [0.25, 0.3) is 5.56 Å². The largest absolute Gasteiger partial charge is 0.361 e. The standard InChI is InChI=1S/C20H25N5O2/c1-4-7-25(16-12-24(13-16)19(26)6-3)18-8-14(9-22-20(18)27)17-11-21-10-15(5-2)23-17/h6,8-11,16H,3-5,7,12-13H2,1-2H3,(H,22,27). The number of carbonyl (C=O) groups is 1. The predicted octanol–water partition coefficient (Wildman–Crippen LogP) is 2.01. The van der Waals surface area contributed by atoms with Gasteiger partial charge in [-0.25, -0.2) is 4.98 Å². The molecule has 0 radical (unpaired) electrons. The fourth-order valence-corrected chi connectivity index (χ4v) is 3.25. The average molecular weight is 367 g/mol. The van der Waals surface area contributed by atoms with E-state index in [1.54, 1.807) is 23.5 Å². The summed E-state index contributed by atoms with van der Waals surface area (Å²) in [6.07, 6.45) is 8.16. The van der Waals surface area contributed by atoms with Gasteiger partial charge in [0, 0.05) is 37.6 Å². The Morgan fingerprint density at radius 2 is 2.19 bits per heavy atom. The summed E-state index contributed by atoms with van der Waals surface area (Å²) in [6.45, 7) is 9.57. The molecule has 2 aromatic rings. The number of likely N-dealkylation sites (tertiary alicyclic amines) is 1. The number of aromatic nitrogens is 3. The fourth-order valence-electron chi connectivity index (χ4n) is 3.25. The number of hydrogen-bond donors (Lipinski definition) is 1. The van der Waals surface area contributed by atoms with Gasteiger partial charge in [-0.1, -0.05) is 20.4 Å². The molecule has 0 aromatic carbocycles. The number of carbonyl (C=O) groups excluding carboxylic acids is 1. The third-order valence-corrected chi connectivity index (χ3v) is 4.79. The number of H-pyrrole nitrogens is 1. The third kappa shape index (κ3) is 3.92. The van der Waals surface area contributed by atoms with Gasteiger partial charge in [0.2, 0.25) is 5.91 Å². The minimum Gasteiger partial charge on any atom is -0.361 e. The topological polar surface area (TPSA) is 82.2 Å². The SMILES string of the molecule is C=CC(=O)N1CC(N(CCC)c2cc(-c3cncc(CC)n3)c[nH]c2=O)C1. The van der Waals surface area contributed by atoms with Crippen molar-refractivity contribution in [2.45, 2.75) is 32.7 Å². The second kappa shape index (κ2) is 8.16. The van der Waals surface area contributed by atoms with Crippen molar-refractivity contribution in [2.75, 3.05) is 24.5 Å². The van der Waals surface area contributed by atoms with Crippen LogP contribution in [0.4, 0.5) is 5.69 Å². The number of hydrogen-bond acceptors (Lipinski definition) is 5. The predicted molar refractivity (Wildman–Crippen MR) is 106 cm³/mol. The van der Waals surface area contributed by atoms with Crippen LogP contribution in [0.5, 0.6) is 0 Å². The zero-order valence-electron chi connectivity index (χ0n) is 15.8. The van der Waals surface area contributed by atoms with Crippen molar-refractivity contribution in [1.82, 2.24) is 19.9 Å². The molecule has 0 bridgehead atoms. The summed E-state index contributed by atoms with van der Waals surface area (Å²) in [7, 11) is 0. The van der Waals surface area contributed by atoms with E-state index >= 15 is 0 Å². The van der Waals surface area contributed by atoms with Gasteiger partial charge in [-0.2, -0.15) is 0 Å². The van der Waals surface area contributed by atoms with E-state index in [-0.39, 0.29) is 17.5 Å². The van der Waals surface area contributed by atoms with Gasteiger partial charge < -0.3 is 14.8 Å². The molecule has 1 aliphatic rings. The summed E-state index contributed by atoms with van der Waals surface area (Å²) in [5, 5.41) is 0. The van der Waals surface area contributed by atoms with Crippen LogP contribution in [0, 0.1) is 0 Å². The van der Waals surface area contributed by atoms with Gasteiger partial charge in [-0.15, -0.1) is 0 Å². The Morgan fingerprint density at radius 1 is 1.41 bits per heavy atom. The number of amides is 1. The van der Waals surface area contributed by atoms with Crippen molar-refractivity contribution in [1.29, 1.82) is 0 Å². The molecule has 1 amide bonds. The van der Waals surface area contributed by atoms with Crippen molar-refractivity contribution >= 4 is 11.6 Å². The lowest BCUT2D eigenvalue weighted by Crippen LogP contribution is -2.61. The maximum atomic E-state index is 12.5. The summed E-state index contributed by atoms with van der Waals surface area (Å²) in [5.74, 6) is -0.0722. The fraction of sp³-hybridized carbons (Fsp3) is 0.400. The molecule has 0 atom stereocenters. The van der Waals surface area contributed by atoms with Gasteiger partial charge >= 0.3 is 0 Å². The minimum atomic E-state index is -0.139. The lowest BCUT2D eigenvalue weighted by molar-refractivity contribution is -0.130. The van der Waals surface area contributed by atoms with E-state index in [2.05, 4.69) is 33.4 Å². The van der Waals surface area contributed by atoms with Crippen molar-refractivity contribution in [2.24, 2.45) is 0 Å². The smallest absolute Gasteiger partial charge is 0.271 e. The second-order valence-electron chi connectivity index (χ2n) is 6.65. The zero-order chi connectivity index (χ0) is 19.4. The number of aryl methyl sites for hydroxylation is 1. The monoisotopic (exact) mass is 367 g/mol. The highest BCUT2D eigenvalue weighted by molar-refractivity contribution is 5.87. The van der Waals surface area contributed by atoms with E-state index in [0.29, 0.717) is 18.8 Å². The Labute approximate surface area is 158 Å². The Hall–Kier alpha value is -2.96. The molecule has 0 spiro atoms. The summed E-state index contributed by atoms with van der Waals surface area (Å²) in [4.78, 5) is 39.7. The molecule has 2 aromatic heterocycles. The van der Waals surface area contributed by atoms with E-state index < -0.39 is 0 Å². The van der Waals surface area contributed by atoms with E-state index in [4.69, 9.17) is 0 Å². The number of nitrogens with zero attached hydrogens (tertiary/aromatic N) is 4. The molecule has 0 saturated carbocycles. The number of pyridine rings is 1. The number of anilines is 1. The van der Waals surface area contributed by atoms with Crippen LogP contribution in [0.2, 0.25) is 0 Å². The first kappa shape index (κ1) is 18.8. The highest BCUT2D eigenvalue weighted by atomic mass is 16.2. The molecule has 1 saturated heterocycles. The van der Waals surface area contributed by atoms with Crippen LogP contribution >= 0.6 is 0 Å². The number of nitrogens with one attached hydrogen (secondary N) is 1. The maximum absolute atomic E-state index is 12.5. The molecule has 7 heteroatoms. The van der Waals surface area contributed by atoms with Crippen LogP contribution < -0.4 is 10.5 Å². The molecule has 27 heavy (non-hydrogen) atoms. The lowest BCUT2D eigenvalue weighted by atomic mass is 10.0. The Balaban J connectivity index is 1.90. The van der Waals surface area contributed by atoms with Crippen LogP contribution in [0.25, 0.3) is 11.3 Å². The first-order valence-electron chi connectivity index (χ1n) is 9.29. The molecular formula is C20H25N5O2. The summed E-state index contributed by atoms with van der Waals surface area (Å²) in [6, 6.07) is 1.99. The normalized spacial score (nSPS) is 13.9. The molecule has 1 fully saturated rings. The van der Waals surface area contributed by atoms with Crippen molar-refractivity contribution in [3.63, 3.8) is 0 Å². The highest BCUT2D eigenvalue weighted by Gasteiger charge is 2.34. The average Bonchev–Trinajstić information content (AvgIpc) is 2.66. The lowest BCUT2D eigenvalue weighted by Gasteiger charge is -2.45. The molecule has 0 aliphatic carbocycles. The van der Waals surface area contributed by atoms with Gasteiger partial charge in [0.1, 0.15) is 5.69 Å². The van der Waals surface area contributed by atoms with Gasteiger partial charge in [-0.05, 0) is 25.0 Å². The number of rotatable bonds is 7. The van der Waals surface area contributed by atoms with E-state index in [9.17, 15) is 9.59 Å². The van der Waals surface area contributed by atoms with E-state index in [1.807, 2.05) is 13.0 Å². The van der Waals surface area contributed by atoms with Crippen LogP contribution in [-0.2, 0) is 11.2 Å². The zero-order valence-corrected chi connectivity index (χ0v) is 15.8. The summed E-state index contributed by atoms with van der Waals surface area (Å²) in [5.41, 5.74) is 2.93. The molecule has 142 valence electrons.